The SMILES string of the molecule is CNCC1(CN(C)Cc2ccc(Cl)s2)CCCOC1. The molecule has 0 amide bonds. The number of hydrogen-bond donors (Lipinski definition) is 1. The van der Waals surface area contributed by atoms with Crippen LogP contribution in [0.25, 0.3) is 0 Å². The maximum Gasteiger partial charge on any atom is 0.0931 e. The number of nitrogens with one attached hydrogen (secondary N) is 1. The summed E-state index contributed by atoms with van der Waals surface area (Å²) in [5, 5.41) is 3.33. The minimum atomic E-state index is 0.253. The van der Waals surface area contributed by atoms with E-state index in [9.17, 15) is 0 Å². The number of thiophene rings is 1. The van der Waals surface area contributed by atoms with Gasteiger partial charge in [-0.3, -0.25) is 0 Å². The van der Waals surface area contributed by atoms with E-state index in [-0.39, 0.29) is 5.41 Å². The van der Waals surface area contributed by atoms with Crippen LogP contribution >= 0.6 is 22.9 Å². The van der Waals surface area contributed by atoms with Crippen molar-refractivity contribution in [2.75, 3.05) is 40.4 Å². The van der Waals surface area contributed by atoms with Crippen LogP contribution in [0, 0.1) is 5.41 Å². The van der Waals surface area contributed by atoms with Crippen LogP contribution in [-0.2, 0) is 11.3 Å². The number of hydrogen-bond acceptors (Lipinski definition) is 4. The molecule has 2 rings (SSSR count). The van der Waals surface area contributed by atoms with Crippen molar-refractivity contribution in [2.24, 2.45) is 5.41 Å². The molecular weight excluding hydrogens is 280 g/mol. The molecule has 1 unspecified atom stereocenters. The molecule has 1 aliphatic heterocycles. The maximum absolute atomic E-state index is 5.98. The highest BCUT2D eigenvalue weighted by Crippen LogP contribution is 2.30. The van der Waals surface area contributed by atoms with Crippen molar-refractivity contribution in [1.29, 1.82) is 0 Å². The highest BCUT2D eigenvalue weighted by Gasteiger charge is 2.33. The average molecular weight is 303 g/mol. The first kappa shape index (κ1) is 15.3. The predicted octanol–water partition coefficient (Wildman–Crippen LogP) is 2.85. The van der Waals surface area contributed by atoms with E-state index in [1.807, 2.05) is 13.1 Å². The Morgan fingerprint density at radius 3 is 2.95 bits per heavy atom. The lowest BCUT2D eigenvalue weighted by atomic mass is 9.82. The van der Waals surface area contributed by atoms with Gasteiger partial charge in [-0.1, -0.05) is 11.6 Å². The van der Waals surface area contributed by atoms with Gasteiger partial charge in [-0.2, -0.15) is 0 Å². The van der Waals surface area contributed by atoms with E-state index in [1.165, 1.54) is 17.7 Å². The van der Waals surface area contributed by atoms with Crippen LogP contribution in [0.5, 0.6) is 0 Å². The fourth-order valence-electron chi connectivity index (χ4n) is 2.94. The number of nitrogens with zero attached hydrogens (tertiary/aromatic N) is 1. The van der Waals surface area contributed by atoms with Crippen molar-refractivity contribution in [3.63, 3.8) is 0 Å². The van der Waals surface area contributed by atoms with E-state index in [0.717, 1.165) is 37.2 Å². The van der Waals surface area contributed by atoms with E-state index >= 15 is 0 Å². The summed E-state index contributed by atoms with van der Waals surface area (Å²) in [4.78, 5) is 3.71. The van der Waals surface area contributed by atoms with E-state index in [4.69, 9.17) is 16.3 Å². The van der Waals surface area contributed by atoms with Gasteiger partial charge in [0.2, 0.25) is 0 Å². The lowest BCUT2D eigenvalue weighted by molar-refractivity contribution is -0.0227. The molecule has 5 heteroatoms. The molecular formula is C14H23ClN2OS. The smallest absolute Gasteiger partial charge is 0.0931 e. The highest BCUT2D eigenvalue weighted by molar-refractivity contribution is 7.16. The second-order valence-corrected chi connectivity index (χ2v) is 7.36. The molecule has 0 aromatic carbocycles. The van der Waals surface area contributed by atoms with Crippen LogP contribution in [0.15, 0.2) is 12.1 Å². The van der Waals surface area contributed by atoms with Gasteiger partial charge in [0.25, 0.3) is 0 Å². The van der Waals surface area contributed by atoms with Crippen molar-refractivity contribution in [2.45, 2.75) is 19.4 Å². The van der Waals surface area contributed by atoms with Gasteiger partial charge in [0.05, 0.1) is 10.9 Å². The van der Waals surface area contributed by atoms with Crippen LogP contribution in [0.1, 0.15) is 17.7 Å². The Morgan fingerprint density at radius 1 is 1.53 bits per heavy atom. The second-order valence-electron chi connectivity index (χ2n) is 5.56. The minimum absolute atomic E-state index is 0.253. The van der Waals surface area contributed by atoms with E-state index < -0.39 is 0 Å². The number of halogens is 1. The van der Waals surface area contributed by atoms with Gasteiger partial charge in [0.15, 0.2) is 0 Å². The molecule has 1 aromatic heterocycles. The third kappa shape index (κ3) is 4.43. The van der Waals surface area contributed by atoms with Crippen LogP contribution in [0.2, 0.25) is 4.34 Å². The summed E-state index contributed by atoms with van der Waals surface area (Å²) in [6.45, 7) is 4.81. The zero-order chi connectivity index (χ0) is 13.7. The summed E-state index contributed by atoms with van der Waals surface area (Å²) in [5.74, 6) is 0. The molecule has 2 heterocycles. The van der Waals surface area contributed by atoms with Crippen molar-refractivity contribution in [1.82, 2.24) is 10.2 Å². The first-order chi connectivity index (χ1) is 9.13. The van der Waals surface area contributed by atoms with Crippen LogP contribution < -0.4 is 5.32 Å². The van der Waals surface area contributed by atoms with Gasteiger partial charge in [-0.25, -0.2) is 0 Å². The summed E-state index contributed by atoms with van der Waals surface area (Å²) in [6.07, 6.45) is 2.41. The lowest BCUT2D eigenvalue weighted by Crippen LogP contribution is -2.47. The standard InChI is InChI=1S/C14H23ClN2OS/c1-16-9-14(6-3-7-18-11-14)10-17(2)8-12-4-5-13(15)19-12/h4-5,16H,3,6-11H2,1-2H3. The highest BCUT2D eigenvalue weighted by atomic mass is 35.5. The molecule has 1 fully saturated rings. The van der Waals surface area contributed by atoms with E-state index in [2.05, 4.69) is 23.3 Å². The molecule has 1 aromatic rings. The maximum atomic E-state index is 5.98. The van der Waals surface area contributed by atoms with Crippen molar-refractivity contribution < 1.29 is 4.74 Å². The monoisotopic (exact) mass is 302 g/mol. The third-order valence-corrected chi connectivity index (χ3v) is 4.83. The zero-order valence-corrected chi connectivity index (χ0v) is 13.3. The van der Waals surface area contributed by atoms with Gasteiger partial charge in [-0.05, 0) is 39.1 Å². The Morgan fingerprint density at radius 2 is 2.37 bits per heavy atom. The average Bonchev–Trinajstić information content (AvgIpc) is 2.75. The third-order valence-electron chi connectivity index (χ3n) is 3.62. The van der Waals surface area contributed by atoms with Gasteiger partial charge in [0, 0.05) is 36.5 Å². The lowest BCUT2D eigenvalue weighted by Gasteiger charge is -2.39. The molecule has 0 radical (unpaired) electrons. The zero-order valence-electron chi connectivity index (χ0n) is 11.7. The Balaban J connectivity index is 1.92. The second kappa shape index (κ2) is 7.04. The van der Waals surface area contributed by atoms with Crippen molar-refractivity contribution in [3.8, 4) is 0 Å². The van der Waals surface area contributed by atoms with Gasteiger partial charge in [0.1, 0.15) is 0 Å². The molecule has 0 aliphatic carbocycles. The summed E-state index contributed by atoms with van der Waals surface area (Å²) < 4.78 is 6.58. The fraction of sp³-hybridized carbons (Fsp3) is 0.714. The number of ether oxygens (including phenoxy) is 1. The normalized spacial score (nSPS) is 24.0. The quantitative estimate of drug-likeness (QED) is 0.874. The van der Waals surface area contributed by atoms with Crippen LogP contribution in [0.4, 0.5) is 0 Å². The molecule has 1 aliphatic rings. The van der Waals surface area contributed by atoms with Crippen LogP contribution in [-0.4, -0.2) is 45.3 Å². The topological polar surface area (TPSA) is 24.5 Å². The molecule has 1 saturated heterocycles. The molecule has 1 atom stereocenters. The molecule has 108 valence electrons. The summed E-state index contributed by atoms with van der Waals surface area (Å²) in [7, 11) is 4.20. The summed E-state index contributed by atoms with van der Waals surface area (Å²) in [6, 6.07) is 4.09. The number of rotatable bonds is 6. The van der Waals surface area contributed by atoms with E-state index in [0.29, 0.717) is 0 Å². The predicted molar refractivity (Wildman–Crippen MR) is 82.1 cm³/mol. The first-order valence-electron chi connectivity index (χ1n) is 6.79. The van der Waals surface area contributed by atoms with Crippen LogP contribution in [0.3, 0.4) is 0 Å². The molecule has 0 saturated carbocycles. The molecule has 3 nitrogen and oxygen atoms in total. The van der Waals surface area contributed by atoms with Gasteiger partial charge >= 0.3 is 0 Å². The summed E-state index contributed by atoms with van der Waals surface area (Å²) in [5.41, 5.74) is 0.253. The minimum Gasteiger partial charge on any atom is -0.381 e. The van der Waals surface area contributed by atoms with Gasteiger partial charge < -0.3 is 15.0 Å². The fourth-order valence-corrected chi connectivity index (χ4v) is 4.10. The molecule has 0 spiro atoms. The molecule has 1 N–H and O–H groups in total. The largest absolute Gasteiger partial charge is 0.381 e. The first-order valence-corrected chi connectivity index (χ1v) is 7.98. The van der Waals surface area contributed by atoms with Gasteiger partial charge in [-0.15, -0.1) is 11.3 Å². The molecule has 19 heavy (non-hydrogen) atoms. The van der Waals surface area contributed by atoms with Crippen molar-refractivity contribution >= 4 is 22.9 Å². The Bertz CT molecular complexity index is 385. The van der Waals surface area contributed by atoms with Crippen molar-refractivity contribution in [3.05, 3.63) is 21.3 Å². The summed E-state index contributed by atoms with van der Waals surface area (Å²) >= 11 is 7.65. The van der Waals surface area contributed by atoms with E-state index in [1.54, 1.807) is 11.3 Å². The Kier molecular flexibility index (Phi) is 5.66. The Hall–Kier alpha value is -0.130. The Labute approximate surface area is 124 Å². The molecule has 0 bridgehead atoms.